The van der Waals surface area contributed by atoms with Gasteiger partial charge in [0, 0.05) is 6.42 Å². The highest BCUT2D eigenvalue weighted by atomic mass is 16.5. The largest absolute Gasteiger partial charge is 0.462 e. The lowest BCUT2D eigenvalue weighted by Gasteiger charge is -2.24. The van der Waals surface area contributed by atoms with Gasteiger partial charge in [-0.15, -0.1) is 0 Å². The molecule has 57 heavy (non-hydrogen) atoms. The summed E-state index contributed by atoms with van der Waals surface area (Å²) >= 11 is 0. The molecule has 0 radical (unpaired) electrons. The summed E-state index contributed by atoms with van der Waals surface area (Å²) in [7, 11) is 0. The summed E-state index contributed by atoms with van der Waals surface area (Å²) in [4.78, 5) is 26.0. The molecular formula is C51H95NO5. The van der Waals surface area contributed by atoms with Gasteiger partial charge in [-0.1, -0.05) is 211 Å². The van der Waals surface area contributed by atoms with E-state index in [1.807, 2.05) is 0 Å². The molecule has 0 aromatic carbocycles. The Hall–Kier alpha value is -1.92. The molecule has 0 fully saturated rings. The second-order valence-electron chi connectivity index (χ2n) is 16.9. The highest BCUT2D eigenvalue weighted by Crippen LogP contribution is 2.17. The summed E-state index contributed by atoms with van der Waals surface area (Å²) in [6, 6.07) is -0.709. The average Bonchev–Trinajstić information content (AvgIpc) is 3.20. The van der Waals surface area contributed by atoms with E-state index < -0.39 is 18.2 Å². The van der Waals surface area contributed by atoms with Crippen LogP contribution in [-0.4, -0.2) is 46.9 Å². The fourth-order valence-electron chi connectivity index (χ4n) is 7.44. The molecule has 0 aliphatic carbocycles. The maximum Gasteiger partial charge on any atom is 0.306 e. The molecule has 0 saturated heterocycles. The zero-order valence-corrected chi connectivity index (χ0v) is 38.0. The van der Waals surface area contributed by atoms with Crippen LogP contribution in [0.25, 0.3) is 0 Å². The van der Waals surface area contributed by atoms with E-state index in [1.54, 1.807) is 0 Å². The molecule has 0 rings (SSSR count). The van der Waals surface area contributed by atoms with Crippen molar-refractivity contribution in [1.29, 1.82) is 0 Å². The Balaban J connectivity index is 4.65. The highest BCUT2D eigenvalue weighted by Gasteiger charge is 2.24. The predicted molar refractivity (Wildman–Crippen MR) is 246 cm³/mol. The second-order valence-corrected chi connectivity index (χ2v) is 16.9. The first kappa shape index (κ1) is 55.1. The number of amides is 1. The van der Waals surface area contributed by atoms with Crippen LogP contribution in [-0.2, 0) is 14.3 Å². The van der Waals surface area contributed by atoms with Crippen LogP contribution in [0.1, 0.15) is 252 Å². The topological polar surface area (TPSA) is 95.9 Å². The number of aliphatic hydroxyl groups excluding tert-OH is 2. The van der Waals surface area contributed by atoms with Crippen molar-refractivity contribution in [3.05, 3.63) is 36.5 Å². The molecule has 3 atom stereocenters. The van der Waals surface area contributed by atoms with Gasteiger partial charge >= 0.3 is 5.97 Å². The minimum absolute atomic E-state index is 0.0551. The van der Waals surface area contributed by atoms with Crippen LogP contribution in [0, 0.1) is 0 Å². The van der Waals surface area contributed by atoms with Gasteiger partial charge in [-0.25, -0.2) is 0 Å². The van der Waals surface area contributed by atoms with Crippen molar-refractivity contribution in [1.82, 2.24) is 5.32 Å². The fraction of sp³-hybridized carbons (Fsp3) is 0.843. The molecule has 334 valence electrons. The SMILES string of the molecule is CCCCC/C=C\C/C=C\C/C=C\CCCCC(CC(=O)NC(CO)C(O)CCCCCCCCCCCCCC)OC(=O)CCCCCCCCCCCCC. The van der Waals surface area contributed by atoms with Gasteiger partial charge in [0.05, 0.1) is 25.2 Å². The van der Waals surface area contributed by atoms with Crippen LogP contribution in [0.4, 0.5) is 0 Å². The molecule has 0 spiro atoms. The Morgan fingerprint density at radius 3 is 1.37 bits per heavy atom. The van der Waals surface area contributed by atoms with E-state index in [0.29, 0.717) is 19.3 Å². The zero-order valence-electron chi connectivity index (χ0n) is 38.0. The van der Waals surface area contributed by atoms with Crippen LogP contribution in [0.2, 0.25) is 0 Å². The van der Waals surface area contributed by atoms with Crippen molar-refractivity contribution < 1.29 is 24.5 Å². The second kappa shape index (κ2) is 45.2. The molecule has 0 aliphatic heterocycles. The minimum Gasteiger partial charge on any atom is -0.462 e. The monoisotopic (exact) mass is 802 g/mol. The maximum absolute atomic E-state index is 13.2. The number of ether oxygens (including phenoxy) is 1. The number of unbranched alkanes of at least 4 members (excludes halogenated alkanes) is 26. The summed E-state index contributed by atoms with van der Waals surface area (Å²) in [5, 5.41) is 23.7. The third-order valence-corrected chi connectivity index (χ3v) is 11.2. The van der Waals surface area contributed by atoms with Gasteiger partial charge in [-0.3, -0.25) is 9.59 Å². The third kappa shape index (κ3) is 40.6. The lowest BCUT2D eigenvalue weighted by atomic mass is 10.0. The molecule has 0 aromatic heterocycles. The summed E-state index contributed by atoms with van der Waals surface area (Å²) in [6.45, 7) is 6.43. The number of hydrogen-bond acceptors (Lipinski definition) is 5. The smallest absolute Gasteiger partial charge is 0.306 e. The number of carbonyl (C=O) groups is 2. The molecule has 3 N–H and O–H groups in total. The summed E-state index contributed by atoms with van der Waals surface area (Å²) in [6.07, 6.45) is 52.0. The number of nitrogens with one attached hydrogen (secondary N) is 1. The van der Waals surface area contributed by atoms with Crippen molar-refractivity contribution in [3.8, 4) is 0 Å². The molecule has 0 heterocycles. The number of rotatable bonds is 44. The van der Waals surface area contributed by atoms with E-state index >= 15 is 0 Å². The maximum atomic E-state index is 13.2. The number of hydrogen-bond donors (Lipinski definition) is 3. The van der Waals surface area contributed by atoms with Crippen molar-refractivity contribution in [2.24, 2.45) is 0 Å². The van der Waals surface area contributed by atoms with Crippen LogP contribution in [0.3, 0.4) is 0 Å². The zero-order chi connectivity index (χ0) is 41.7. The van der Waals surface area contributed by atoms with Gasteiger partial charge in [0.25, 0.3) is 0 Å². The van der Waals surface area contributed by atoms with Crippen molar-refractivity contribution in [2.75, 3.05) is 6.61 Å². The van der Waals surface area contributed by atoms with E-state index in [2.05, 4.69) is 62.5 Å². The molecular weight excluding hydrogens is 707 g/mol. The standard InChI is InChI=1S/C51H95NO5/c1-4-7-10-13-16-19-22-24-25-26-28-30-33-36-39-42-47(57-51(56)44-41-38-35-32-27-21-18-15-12-9-6-3)45-50(55)52-48(46-53)49(54)43-40-37-34-31-29-23-20-17-14-11-8-5-2/h16,19,24-25,28,30,47-49,53-54H,4-15,17-18,20-23,26-27,29,31-46H2,1-3H3,(H,52,55)/b19-16-,25-24-,30-28-. The highest BCUT2D eigenvalue weighted by molar-refractivity contribution is 5.77. The Kier molecular flexibility index (Phi) is 43.6. The molecule has 6 heteroatoms. The van der Waals surface area contributed by atoms with Gasteiger partial charge < -0.3 is 20.3 Å². The van der Waals surface area contributed by atoms with Gasteiger partial charge in [0.1, 0.15) is 6.10 Å². The van der Waals surface area contributed by atoms with E-state index in [-0.39, 0.29) is 24.9 Å². The van der Waals surface area contributed by atoms with Crippen molar-refractivity contribution in [2.45, 2.75) is 270 Å². The first-order valence-electron chi connectivity index (χ1n) is 24.7. The fourth-order valence-corrected chi connectivity index (χ4v) is 7.44. The Bertz CT molecular complexity index is 946. The first-order chi connectivity index (χ1) is 28.0. The minimum atomic E-state index is -0.794. The predicted octanol–water partition coefficient (Wildman–Crippen LogP) is 14.5. The van der Waals surface area contributed by atoms with Crippen LogP contribution in [0.5, 0.6) is 0 Å². The number of esters is 1. The quantitative estimate of drug-likeness (QED) is 0.0324. The summed E-state index contributed by atoms with van der Waals surface area (Å²) < 4.78 is 5.90. The molecule has 0 aromatic rings. The Morgan fingerprint density at radius 1 is 0.509 bits per heavy atom. The summed E-state index contributed by atoms with van der Waals surface area (Å²) in [5.41, 5.74) is 0. The molecule has 0 saturated carbocycles. The van der Waals surface area contributed by atoms with Gasteiger partial charge in [0.2, 0.25) is 5.91 Å². The number of aliphatic hydroxyl groups is 2. The van der Waals surface area contributed by atoms with E-state index in [4.69, 9.17) is 4.74 Å². The van der Waals surface area contributed by atoms with Gasteiger partial charge in [-0.05, 0) is 64.2 Å². The van der Waals surface area contributed by atoms with Crippen molar-refractivity contribution >= 4 is 11.9 Å². The summed E-state index contributed by atoms with van der Waals surface area (Å²) in [5.74, 6) is -0.505. The number of allylic oxidation sites excluding steroid dienone is 6. The molecule has 3 unspecified atom stereocenters. The van der Waals surface area contributed by atoms with Crippen LogP contribution < -0.4 is 5.32 Å². The van der Waals surface area contributed by atoms with Crippen LogP contribution in [0.15, 0.2) is 36.5 Å². The van der Waals surface area contributed by atoms with Crippen molar-refractivity contribution in [3.63, 3.8) is 0 Å². The lowest BCUT2D eigenvalue weighted by Crippen LogP contribution is -2.46. The van der Waals surface area contributed by atoms with E-state index in [9.17, 15) is 19.8 Å². The Morgan fingerprint density at radius 2 is 0.895 bits per heavy atom. The molecule has 1 amide bonds. The average molecular weight is 802 g/mol. The van der Waals surface area contributed by atoms with E-state index in [1.165, 1.54) is 135 Å². The first-order valence-corrected chi connectivity index (χ1v) is 24.7. The van der Waals surface area contributed by atoms with Crippen LogP contribution >= 0.6 is 0 Å². The normalized spacial score (nSPS) is 13.6. The third-order valence-electron chi connectivity index (χ3n) is 11.2. The van der Waals surface area contributed by atoms with E-state index in [0.717, 1.165) is 70.6 Å². The lowest BCUT2D eigenvalue weighted by molar-refractivity contribution is -0.151. The molecule has 6 nitrogen and oxygen atoms in total. The molecule has 0 aliphatic rings. The van der Waals surface area contributed by atoms with Gasteiger partial charge in [-0.2, -0.15) is 0 Å². The molecule has 0 bridgehead atoms. The van der Waals surface area contributed by atoms with Gasteiger partial charge in [0.15, 0.2) is 0 Å². The Labute approximate surface area is 353 Å². The number of carbonyl (C=O) groups excluding carboxylic acids is 2.